The van der Waals surface area contributed by atoms with E-state index in [0.717, 1.165) is 37.4 Å². The van der Waals surface area contributed by atoms with Crippen LogP contribution in [0.4, 0.5) is 0 Å². The Morgan fingerprint density at radius 1 is 1.32 bits per heavy atom. The van der Waals surface area contributed by atoms with Crippen molar-refractivity contribution in [1.82, 2.24) is 4.90 Å². The number of nitrogens with zero attached hydrogens (tertiary/aromatic N) is 1. The van der Waals surface area contributed by atoms with Gasteiger partial charge in [0.25, 0.3) is 0 Å². The number of likely N-dealkylation sites (tertiary alicyclic amines) is 1. The third-order valence-corrected chi connectivity index (χ3v) is 4.06. The van der Waals surface area contributed by atoms with Gasteiger partial charge in [-0.25, -0.2) is 0 Å². The summed E-state index contributed by atoms with van der Waals surface area (Å²) in [4.78, 5) is 2.46. The number of ether oxygens (including phenoxy) is 2. The Hall–Kier alpha value is -1.26. The van der Waals surface area contributed by atoms with E-state index in [1.165, 1.54) is 0 Å². The smallest absolute Gasteiger partial charge is 0.161 e. The Balaban J connectivity index is 1.60. The number of hydrogen-bond acceptors (Lipinski definition) is 4. The van der Waals surface area contributed by atoms with E-state index in [-0.39, 0.29) is 6.10 Å². The summed E-state index contributed by atoms with van der Waals surface area (Å²) in [6.07, 6.45) is 2.27. The fraction of sp³-hybridized carbons (Fsp3) is 0.600. The van der Waals surface area contributed by atoms with E-state index in [1.54, 1.807) is 0 Å². The zero-order valence-corrected chi connectivity index (χ0v) is 11.4. The summed E-state index contributed by atoms with van der Waals surface area (Å²) in [5, 5.41) is 0. The molecule has 3 atom stereocenters. The molecule has 1 fully saturated rings. The van der Waals surface area contributed by atoms with Gasteiger partial charge in [0, 0.05) is 25.2 Å². The first kappa shape index (κ1) is 12.8. The Morgan fingerprint density at radius 2 is 2.11 bits per heavy atom. The summed E-state index contributed by atoms with van der Waals surface area (Å²) in [5.41, 5.74) is 6.00. The monoisotopic (exact) mass is 262 g/mol. The van der Waals surface area contributed by atoms with E-state index in [0.29, 0.717) is 18.7 Å². The van der Waals surface area contributed by atoms with Gasteiger partial charge < -0.3 is 15.2 Å². The van der Waals surface area contributed by atoms with Crippen molar-refractivity contribution in [2.75, 3.05) is 19.7 Å². The van der Waals surface area contributed by atoms with Crippen molar-refractivity contribution in [3.8, 4) is 11.5 Å². The average Bonchev–Trinajstić information content (AvgIpc) is 2.42. The Kier molecular flexibility index (Phi) is 3.62. The van der Waals surface area contributed by atoms with Crippen LogP contribution in [0.5, 0.6) is 11.5 Å². The second-order valence-corrected chi connectivity index (χ2v) is 5.63. The number of fused-ring (bicyclic) bond motifs is 1. The molecule has 104 valence electrons. The van der Waals surface area contributed by atoms with Gasteiger partial charge in [0.05, 0.1) is 0 Å². The first-order valence-electron chi connectivity index (χ1n) is 7.10. The molecule has 0 amide bonds. The molecule has 4 heteroatoms. The van der Waals surface area contributed by atoms with Gasteiger partial charge in [-0.05, 0) is 31.9 Å². The van der Waals surface area contributed by atoms with Gasteiger partial charge in [-0.15, -0.1) is 0 Å². The fourth-order valence-electron chi connectivity index (χ4n) is 2.94. The molecule has 0 bridgehead atoms. The van der Waals surface area contributed by atoms with Crippen LogP contribution in [0.2, 0.25) is 0 Å². The topological polar surface area (TPSA) is 47.7 Å². The van der Waals surface area contributed by atoms with E-state index in [4.69, 9.17) is 15.2 Å². The molecule has 2 aliphatic rings. The third kappa shape index (κ3) is 2.85. The molecule has 1 saturated heterocycles. The number of rotatable bonds is 2. The highest BCUT2D eigenvalue weighted by Gasteiger charge is 2.28. The van der Waals surface area contributed by atoms with Crippen LogP contribution in [0.25, 0.3) is 0 Å². The van der Waals surface area contributed by atoms with Crippen LogP contribution in [0.15, 0.2) is 24.3 Å². The highest BCUT2D eigenvalue weighted by Crippen LogP contribution is 2.31. The van der Waals surface area contributed by atoms with Crippen molar-refractivity contribution in [2.24, 2.45) is 5.73 Å². The summed E-state index contributed by atoms with van der Waals surface area (Å²) in [5.74, 6) is 1.72. The highest BCUT2D eigenvalue weighted by atomic mass is 16.6. The standard InChI is InChI=1S/C15H22N2O2/c1-11-8-12(16)6-7-17(11)9-13-10-18-14-4-2-3-5-15(14)19-13/h2-5,11-13H,6-10,16H2,1H3. The molecule has 2 N–H and O–H groups in total. The van der Waals surface area contributed by atoms with Gasteiger partial charge in [-0.2, -0.15) is 0 Å². The number of nitrogens with two attached hydrogens (primary N) is 1. The predicted octanol–water partition coefficient (Wildman–Crippen LogP) is 1.64. The van der Waals surface area contributed by atoms with Gasteiger partial charge in [-0.1, -0.05) is 12.1 Å². The average molecular weight is 262 g/mol. The Labute approximate surface area is 114 Å². The molecular formula is C15H22N2O2. The molecule has 1 aromatic carbocycles. The zero-order valence-electron chi connectivity index (χ0n) is 11.4. The van der Waals surface area contributed by atoms with E-state index in [9.17, 15) is 0 Å². The van der Waals surface area contributed by atoms with Gasteiger partial charge in [0.15, 0.2) is 11.5 Å². The molecule has 0 spiro atoms. The Morgan fingerprint density at radius 3 is 2.89 bits per heavy atom. The normalized spacial score (nSPS) is 31.2. The van der Waals surface area contributed by atoms with Crippen LogP contribution >= 0.6 is 0 Å². The summed E-state index contributed by atoms with van der Waals surface area (Å²) in [6, 6.07) is 8.76. The van der Waals surface area contributed by atoms with Crippen LogP contribution in [-0.2, 0) is 0 Å². The molecule has 4 nitrogen and oxygen atoms in total. The van der Waals surface area contributed by atoms with Crippen molar-refractivity contribution in [3.05, 3.63) is 24.3 Å². The molecule has 2 aliphatic heterocycles. The lowest BCUT2D eigenvalue weighted by Gasteiger charge is -2.39. The third-order valence-electron chi connectivity index (χ3n) is 4.06. The summed E-state index contributed by atoms with van der Waals surface area (Å²) in [7, 11) is 0. The largest absolute Gasteiger partial charge is 0.486 e. The van der Waals surface area contributed by atoms with Gasteiger partial charge >= 0.3 is 0 Å². The quantitative estimate of drug-likeness (QED) is 0.880. The van der Waals surface area contributed by atoms with E-state index >= 15 is 0 Å². The SMILES string of the molecule is CC1CC(N)CCN1CC1COc2ccccc2O1. The van der Waals surface area contributed by atoms with E-state index in [1.807, 2.05) is 24.3 Å². The zero-order chi connectivity index (χ0) is 13.2. The maximum Gasteiger partial charge on any atom is 0.161 e. The van der Waals surface area contributed by atoms with Crippen LogP contribution in [0.3, 0.4) is 0 Å². The number of piperidine rings is 1. The molecule has 0 aromatic heterocycles. The molecule has 0 aliphatic carbocycles. The molecular weight excluding hydrogens is 240 g/mol. The highest BCUT2D eigenvalue weighted by molar-refractivity contribution is 5.40. The van der Waals surface area contributed by atoms with Gasteiger partial charge in [0.2, 0.25) is 0 Å². The van der Waals surface area contributed by atoms with Gasteiger partial charge in [-0.3, -0.25) is 4.90 Å². The minimum atomic E-state index is 0.117. The van der Waals surface area contributed by atoms with Crippen molar-refractivity contribution < 1.29 is 9.47 Å². The van der Waals surface area contributed by atoms with Gasteiger partial charge in [0.1, 0.15) is 12.7 Å². The van der Waals surface area contributed by atoms with Crippen molar-refractivity contribution in [3.63, 3.8) is 0 Å². The lowest BCUT2D eigenvalue weighted by Crippen LogP contribution is -2.50. The number of para-hydroxylation sites is 2. The number of benzene rings is 1. The van der Waals surface area contributed by atoms with Crippen molar-refractivity contribution >= 4 is 0 Å². The Bertz CT molecular complexity index is 438. The molecule has 0 radical (unpaired) electrons. The van der Waals surface area contributed by atoms with Crippen molar-refractivity contribution in [1.29, 1.82) is 0 Å². The van der Waals surface area contributed by atoms with Crippen LogP contribution < -0.4 is 15.2 Å². The summed E-state index contributed by atoms with van der Waals surface area (Å²) >= 11 is 0. The first-order valence-corrected chi connectivity index (χ1v) is 7.10. The minimum absolute atomic E-state index is 0.117. The fourth-order valence-corrected chi connectivity index (χ4v) is 2.94. The molecule has 19 heavy (non-hydrogen) atoms. The molecule has 2 heterocycles. The first-order chi connectivity index (χ1) is 9.22. The lowest BCUT2D eigenvalue weighted by molar-refractivity contribution is 0.0353. The summed E-state index contributed by atoms with van der Waals surface area (Å²) < 4.78 is 11.8. The van der Waals surface area contributed by atoms with Crippen molar-refractivity contribution in [2.45, 2.75) is 38.0 Å². The summed E-state index contributed by atoms with van der Waals surface area (Å²) in [6.45, 7) is 4.86. The molecule has 1 aromatic rings. The van der Waals surface area contributed by atoms with Crippen LogP contribution in [0.1, 0.15) is 19.8 Å². The maximum absolute atomic E-state index is 6.01. The molecule has 3 unspecified atom stereocenters. The second-order valence-electron chi connectivity index (χ2n) is 5.63. The minimum Gasteiger partial charge on any atom is -0.486 e. The van der Waals surface area contributed by atoms with Crippen LogP contribution in [-0.4, -0.2) is 42.8 Å². The molecule has 3 rings (SSSR count). The number of hydrogen-bond donors (Lipinski definition) is 1. The van der Waals surface area contributed by atoms with E-state index < -0.39 is 0 Å². The molecule has 0 saturated carbocycles. The second kappa shape index (κ2) is 5.39. The predicted molar refractivity (Wildman–Crippen MR) is 74.6 cm³/mol. The van der Waals surface area contributed by atoms with Crippen LogP contribution in [0, 0.1) is 0 Å². The lowest BCUT2D eigenvalue weighted by atomic mass is 9.99. The maximum atomic E-state index is 6.01. The van der Waals surface area contributed by atoms with E-state index in [2.05, 4.69) is 11.8 Å².